The molecule has 1 amide bonds. The molecule has 3 aromatic rings. The quantitative estimate of drug-likeness (QED) is 0.207. The van der Waals surface area contributed by atoms with Crippen molar-refractivity contribution in [1.82, 2.24) is 4.90 Å². The molecule has 4 rings (SSSR count). The smallest absolute Gasteiger partial charge is 0.408 e. The van der Waals surface area contributed by atoms with Gasteiger partial charge in [-0.3, -0.25) is 9.46 Å². The molecule has 3 atom stereocenters. The second-order valence-corrected chi connectivity index (χ2v) is 11.2. The van der Waals surface area contributed by atoms with Crippen molar-refractivity contribution >= 4 is 19.7 Å². The van der Waals surface area contributed by atoms with Gasteiger partial charge in [0.1, 0.15) is 12.1 Å². The van der Waals surface area contributed by atoms with Gasteiger partial charge >= 0.3 is 25.3 Å². The molecule has 0 saturated carbocycles. The lowest BCUT2D eigenvalue weighted by Crippen LogP contribution is -2.54. The molecular formula is C29H30F2NO7P. The van der Waals surface area contributed by atoms with E-state index in [1.165, 1.54) is 26.0 Å². The van der Waals surface area contributed by atoms with E-state index in [-0.39, 0.29) is 19.6 Å². The van der Waals surface area contributed by atoms with E-state index < -0.39 is 49.1 Å². The number of ether oxygens (including phenoxy) is 1. The average molecular weight is 574 g/mol. The number of cyclic esters (lactones) is 1. The van der Waals surface area contributed by atoms with E-state index in [9.17, 15) is 19.3 Å². The molecule has 1 fully saturated rings. The summed E-state index contributed by atoms with van der Waals surface area (Å²) in [7, 11) is -4.80. The summed E-state index contributed by atoms with van der Waals surface area (Å²) in [4.78, 5) is 27.0. The molecule has 40 heavy (non-hydrogen) atoms. The van der Waals surface area contributed by atoms with Crippen molar-refractivity contribution in [2.24, 2.45) is 0 Å². The van der Waals surface area contributed by atoms with E-state index in [0.717, 1.165) is 17.0 Å². The fourth-order valence-electron chi connectivity index (χ4n) is 4.80. The number of benzene rings is 3. The molecule has 1 heterocycles. The molecule has 1 aliphatic rings. The number of hydrogen-bond donors (Lipinski definition) is 1. The number of amides is 1. The number of halogens is 2. The lowest BCUT2D eigenvalue weighted by Gasteiger charge is -2.44. The first kappa shape index (κ1) is 29.4. The number of esters is 1. The molecule has 1 N–H and O–H groups in total. The van der Waals surface area contributed by atoms with E-state index in [0.29, 0.717) is 16.7 Å². The second-order valence-electron chi connectivity index (χ2n) is 9.10. The Kier molecular flexibility index (Phi) is 9.03. The molecule has 212 valence electrons. The monoisotopic (exact) mass is 573 g/mol. The molecular weight excluding hydrogens is 543 g/mol. The summed E-state index contributed by atoms with van der Waals surface area (Å²) in [6.45, 7) is 2.42. The molecule has 1 unspecified atom stereocenters. The van der Waals surface area contributed by atoms with Crippen molar-refractivity contribution < 1.29 is 41.8 Å². The van der Waals surface area contributed by atoms with Gasteiger partial charge in [0.2, 0.25) is 0 Å². The van der Waals surface area contributed by atoms with Gasteiger partial charge in [-0.25, -0.2) is 9.59 Å². The molecule has 1 saturated heterocycles. The van der Waals surface area contributed by atoms with Gasteiger partial charge in [0.25, 0.3) is 0 Å². The minimum Gasteiger partial charge on any atom is -0.465 e. The SMILES string of the molecule is CCOP(=O)(OCC)C(F)(F)c1ccc(CC2C(=O)O[C@H](c3ccccc3)[C@H](c3ccccc3)N2C(=O)O)cc1. The van der Waals surface area contributed by atoms with Crippen LogP contribution >= 0.6 is 7.60 Å². The Hall–Kier alpha value is -3.59. The lowest BCUT2D eigenvalue weighted by atomic mass is 9.90. The Balaban J connectivity index is 1.67. The molecule has 11 heteroatoms. The number of rotatable bonds is 10. The Morgan fingerprint density at radius 2 is 1.45 bits per heavy atom. The van der Waals surface area contributed by atoms with Gasteiger partial charge in [-0.1, -0.05) is 84.9 Å². The molecule has 0 bridgehead atoms. The van der Waals surface area contributed by atoms with Crippen LogP contribution in [0.5, 0.6) is 0 Å². The first-order valence-corrected chi connectivity index (χ1v) is 14.3. The van der Waals surface area contributed by atoms with Gasteiger partial charge in [-0.05, 0) is 30.5 Å². The van der Waals surface area contributed by atoms with E-state index >= 15 is 8.78 Å². The van der Waals surface area contributed by atoms with Crippen molar-refractivity contribution in [1.29, 1.82) is 0 Å². The van der Waals surface area contributed by atoms with Crippen LogP contribution in [0.2, 0.25) is 0 Å². The van der Waals surface area contributed by atoms with Crippen molar-refractivity contribution in [3.05, 3.63) is 107 Å². The van der Waals surface area contributed by atoms with Gasteiger partial charge < -0.3 is 18.9 Å². The number of carbonyl (C=O) groups is 2. The Morgan fingerprint density at radius 3 is 1.95 bits per heavy atom. The molecule has 3 aromatic carbocycles. The Morgan fingerprint density at radius 1 is 0.925 bits per heavy atom. The minimum absolute atomic E-state index is 0.129. The third-order valence-corrected chi connectivity index (χ3v) is 8.74. The zero-order valence-electron chi connectivity index (χ0n) is 22.0. The summed E-state index contributed by atoms with van der Waals surface area (Å²) in [5, 5.41) is 10.3. The molecule has 0 aliphatic carbocycles. The van der Waals surface area contributed by atoms with Crippen molar-refractivity contribution in [3.8, 4) is 0 Å². The van der Waals surface area contributed by atoms with Gasteiger partial charge in [-0.2, -0.15) is 8.78 Å². The number of alkyl halides is 2. The first-order chi connectivity index (χ1) is 19.1. The van der Waals surface area contributed by atoms with Crippen LogP contribution in [0.1, 0.15) is 48.2 Å². The molecule has 1 aliphatic heterocycles. The summed E-state index contributed by atoms with van der Waals surface area (Å²) < 4.78 is 58.7. The topological polar surface area (TPSA) is 102 Å². The fraction of sp³-hybridized carbons (Fsp3) is 0.310. The van der Waals surface area contributed by atoms with Crippen LogP contribution in [0.3, 0.4) is 0 Å². The van der Waals surface area contributed by atoms with Gasteiger partial charge in [-0.15, -0.1) is 0 Å². The van der Waals surface area contributed by atoms with Crippen LogP contribution in [0.4, 0.5) is 13.6 Å². The maximum Gasteiger partial charge on any atom is 0.408 e. The zero-order chi connectivity index (χ0) is 28.9. The van der Waals surface area contributed by atoms with Gasteiger partial charge in [0, 0.05) is 12.0 Å². The van der Waals surface area contributed by atoms with E-state index in [1.54, 1.807) is 60.7 Å². The van der Waals surface area contributed by atoms with Crippen LogP contribution < -0.4 is 0 Å². The van der Waals surface area contributed by atoms with Crippen LogP contribution in [0.15, 0.2) is 84.9 Å². The Bertz CT molecular complexity index is 1350. The van der Waals surface area contributed by atoms with E-state index in [2.05, 4.69) is 0 Å². The highest BCUT2D eigenvalue weighted by Crippen LogP contribution is 2.66. The molecule has 0 spiro atoms. The average Bonchev–Trinajstić information content (AvgIpc) is 2.95. The highest BCUT2D eigenvalue weighted by atomic mass is 31.2. The summed E-state index contributed by atoms with van der Waals surface area (Å²) >= 11 is 0. The minimum atomic E-state index is -4.80. The highest BCUT2D eigenvalue weighted by molar-refractivity contribution is 7.54. The third-order valence-electron chi connectivity index (χ3n) is 6.60. The number of nitrogens with zero attached hydrogens (tertiary/aromatic N) is 1. The van der Waals surface area contributed by atoms with Crippen LogP contribution in [-0.4, -0.2) is 41.3 Å². The maximum atomic E-state index is 15.2. The van der Waals surface area contributed by atoms with Crippen LogP contribution in [-0.2, 0) is 35.2 Å². The third kappa shape index (κ3) is 5.80. The normalized spacial score (nSPS) is 19.8. The fourth-order valence-corrected chi connectivity index (χ4v) is 6.34. The van der Waals surface area contributed by atoms with Crippen molar-refractivity contribution in [2.45, 2.75) is 44.1 Å². The van der Waals surface area contributed by atoms with Crippen molar-refractivity contribution in [3.63, 3.8) is 0 Å². The zero-order valence-corrected chi connectivity index (χ0v) is 22.9. The predicted octanol–water partition coefficient (Wildman–Crippen LogP) is 6.93. The second kappa shape index (κ2) is 12.3. The lowest BCUT2D eigenvalue weighted by molar-refractivity contribution is -0.172. The predicted molar refractivity (Wildman–Crippen MR) is 143 cm³/mol. The highest BCUT2D eigenvalue weighted by Gasteiger charge is 2.55. The number of carboxylic acid groups (broad SMARTS) is 1. The van der Waals surface area contributed by atoms with E-state index in [1.807, 2.05) is 0 Å². The molecule has 8 nitrogen and oxygen atoms in total. The van der Waals surface area contributed by atoms with Gasteiger partial charge in [0.15, 0.2) is 6.10 Å². The number of hydrogen-bond acceptors (Lipinski definition) is 6. The number of morpholine rings is 1. The summed E-state index contributed by atoms with van der Waals surface area (Å²) in [5.41, 5.74) is -2.84. The van der Waals surface area contributed by atoms with Gasteiger partial charge in [0.05, 0.1) is 13.2 Å². The standard InChI is InChI=1S/C29H30F2NO7P/c1-3-37-40(36,38-4-2)29(30,31)23-17-15-20(16-18-23)19-24-27(33)39-26(22-13-9-6-10-14-22)25(32(24)28(34)35)21-11-7-5-8-12-21/h5-18,24-26H,3-4,19H2,1-2H3,(H,34,35)/t24?,25-,26+/m0/s1. The molecule has 0 radical (unpaired) electrons. The largest absolute Gasteiger partial charge is 0.465 e. The summed E-state index contributed by atoms with van der Waals surface area (Å²) in [5.74, 6) is -0.755. The van der Waals surface area contributed by atoms with Crippen LogP contribution in [0.25, 0.3) is 0 Å². The molecule has 0 aromatic heterocycles. The van der Waals surface area contributed by atoms with E-state index in [4.69, 9.17) is 13.8 Å². The van der Waals surface area contributed by atoms with Crippen molar-refractivity contribution in [2.75, 3.05) is 13.2 Å². The summed E-state index contributed by atoms with van der Waals surface area (Å²) in [6, 6.07) is 20.4. The first-order valence-electron chi connectivity index (χ1n) is 12.8. The number of carbonyl (C=O) groups excluding carboxylic acids is 1. The Labute approximate surface area is 231 Å². The van der Waals surface area contributed by atoms with Crippen LogP contribution in [0, 0.1) is 0 Å². The summed E-state index contributed by atoms with van der Waals surface area (Å²) in [6.07, 6.45) is -2.35. The maximum absolute atomic E-state index is 15.2.